The molecule has 4 rings (SSSR count). The van der Waals surface area contributed by atoms with Gasteiger partial charge in [-0.05, 0) is 70.6 Å². The topological polar surface area (TPSA) is 95.9 Å². The van der Waals surface area contributed by atoms with Gasteiger partial charge in [0.25, 0.3) is 5.91 Å². The zero-order valence-corrected chi connectivity index (χ0v) is 22.7. The van der Waals surface area contributed by atoms with Crippen molar-refractivity contribution in [2.75, 3.05) is 13.7 Å². The summed E-state index contributed by atoms with van der Waals surface area (Å²) in [6.07, 6.45) is 0.705. The first-order chi connectivity index (χ1) is 19.3. The van der Waals surface area contributed by atoms with Crippen LogP contribution in [0.2, 0.25) is 5.02 Å². The van der Waals surface area contributed by atoms with Crippen LogP contribution in [0.3, 0.4) is 0 Å². The van der Waals surface area contributed by atoms with Gasteiger partial charge in [-0.1, -0.05) is 72.3 Å². The number of carbonyl (C=O) groups is 3. The summed E-state index contributed by atoms with van der Waals surface area (Å²) in [5.41, 5.74) is 4.97. The van der Waals surface area contributed by atoms with Gasteiger partial charge in [0.2, 0.25) is 0 Å². The number of aliphatic carboxylic acids is 1. The van der Waals surface area contributed by atoms with Crippen molar-refractivity contribution in [3.05, 3.63) is 124 Å². The fraction of sp³-hybridized carbons (Fsp3) is 0.156. The number of hydrogen-bond acceptors (Lipinski definition) is 4. The first-order valence-electron chi connectivity index (χ1n) is 12.7. The Hall–Kier alpha value is -4.62. The highest BCUT2D eigenvalue weighted by atomic mass is 35.5. The quantitative estimate of drug-likeness (QED) is 0.248. The van der Waals surface area contributed by atoms with Gasteiger partial charge in [0.1, 0.15) is 5.75 Å². The maximum Gasteiger partial charge on any atom is 0.394 e. The van der Waals surface area contributed by atoms with E-state index >= 15 is 0 Å². The highest BCUT2D eigenvalue weighted by molar-refractivity contribution is 6.31. The second-order valence-corrected chi connectivity index (χ2v) is 9.66. The van der Waals surface area contributed by atoms with E-state index in [4.69, 9.17) is 16.3 Å². The van der Waals surface area contributed by atoms with Gasteiger partial charge in [-0.2, -0.15) is 0 Å². The molecule has 0 atom stereocenters. The van der Waals surface area contributed by atoms with Gasteiger partial charge >= 0.3 is 11.9 Å². The molecule has 0 unspecified atom stereocenters. The molecule has 8 heteroatoms. The molecule has 0 fully saturated rings. The van der Waals surface area contributed by atoms with Crippen LogP contribution >= 0.6 is 11.6 Å². The molecule has 0 saturated carbocycles. The van der Waals surface area contributed by atoms with Gasteiger partial charge in [-0.3, -0.25) is 9.59 Å². The summed E-state index contributed by atoms with van der Waals surface area (Å²) < 4.78 is 5.17. The first kappa shape index (κ1) is 28.4. The largest absolute Gasteiger partial charge is 0.497 e. The van der Waals surface area contributed by atoms with E-state index in [-0.39, 0.29) is 19.0 Å². The monoisotopic (exact) mass is 556 g/mol. The highest BCUT2D eigenvalue weighted by Gasteiger charge is 2.21. The van der Waals surface area contributed by atoms with E-state index < -0.39 is 11.9 Å². The summed E-state index contributed by atoms with van der Waals surface area (Å²) in [5.74, 6) is -1.85. The van der Waals surface area contributed by atoms with Crippen LogP contribution < -0.4 is 10.1 Å². The first-order valence-corrected chi connectivity index (χ1v) is 13.1. The van der Waals surface area contributed by atoms with Crippen molar-refractivity contribution < 1.29 is 24.2 Å². The Balaban J connectivity index is 1.39. The smallest absolute Gasteiger partial charge is 0.394 e. The van der Waals surface area contributed by atoms with E-state index in [1.54, 1.807) is 37.4 Å². The van der Waals surface area contributed by atoms with Gasteiger partial charge in [-0.15, -0.1) is 0 Å². The van der Waals surface area contributed by atoms with E-state index in [2.05, 4.69) is 5.32 Å². The van der Waals surface area contributed by atoms with Crippen LogP contribution in [0.1, 0.15) is 27.0 Å². The Morgan fingerprint density at radius 3 is 2.00 bits per heavy atom. The van der Waals surface area contributed by atoms with Crippen LogP contribution in [0.5, 0.6) is 5.75 Å². The Labute approximate surface area is 238 Å². The van der Waals surface area contributed by atoms with Crippen LogP contribution in [-0.4, -0.2) is 41.4 Å². The van der Waals surface area contributed by atoms with Crippen molar-refractivity contribution in [3.8, 4) is 16.9 Å². The predicted molar refractivity (Wildman–Crippen MR) is 154 cm³/mol. The van der Waals surface area contributed by atoms with Crippen LogP contribution in [0.15, 0.2) is 97.1 Å². The summed E-state index contributed by atoms with van der Waals surface area (Å²) in [4.78, 5) is 37.8. The Kier molecular flexibility index (Phi) is 9.54. The molecule has 0 aliphatic rings. The molecule has 0 spiro atoms. The Morgan fingerprint density at radius 1 is 0.800 bits per heavy atom. The van der Waals surface area contributed by atoms with Gasteiger partial charge in [0.05, 0.1) is 7.11 Å². The van der Waals surface area contributed by atoms with Gasteiger partial charge in [0.15, 0.2) is 0 Å². The number of ether oxygens (including phenoxy) is 1. The maximum absolute atomic E-state index is 12.8. The second kappa shape index (κ2) is 13.4. The molecule has 4 aromatic rings. The predicted octanol–water partition coefficient (Wildman–Crippen LogP) is 5.60. The third-order valence-electron chi connectivity index (χ3n) is 6.40. The number of benzene rings is 4. The number of carbonyl (C=O) groups excluding carboxylic acids is 2. The lowest BCUT2D eigenvalue weighted by Gasteiger charge is -2.21. The fourth-order valence-electron chi connectivity index (χ4n) is 4.22. The van der Waals surface area contributed by atoms with Gasteiger partial charge in [0, 0.05) is 30.2 Å². The van der Waals surface area contributed by atoms with Crippen LogP contribution in [0.25, 0.3) is 11.1 Å². The molecular formula is C32H29ClN2O5. The lowest BCUT2D eigenvalue weighted by molar-refractivity contribution is -0.156. The average Bonchev–Trinajstić information content (AvgIpc) is 2.98. The molecule has 0 aliphatic heterocycles. The zero-order chi connectivity index (χ0) is 28.5. The minimum atomic E-state index is -1.51. The molecule has 2 N–H and O–H groups in total. The van der Waals surface area contributed by atoms with Crippen molar-refractivity contribution >= 4 is 29.4 Å². The number of nitrogens with zero attached hydrogens (tertiary/aromatic N) is 1. The Morgan fingerprint density at radius 2 is 1.40 bits per heavy atom. The number of amides is 2. The van der Waals surface area contributed by atoms with Crippen molar-refractivity contribution in [1.29, 1.82) is 0 Å². The van der Waals surface area contributed by atoms with Gasteiger partial charge in [-0.25, -0.2) is 4.79 Å². The molecular weight excluding hydrogens is 528 g/mol. The third kappa shape index (κ3) is 7.71. The molecule has 0 radical (unpaired) electrons. The molecule has 0 heterocycles. The summed E-state index contributed by atoms with van der Waals surface area (Å²) in [6, 6.07) is 29.5. The lowest BCUT2D eigenvalue weighted by atomic mass is 10.0. The minimum Gasteiger partial charge on any atom is -0.497 e. The SMILES string of the molecule is COc1ccc(CCNC(=O)c2cccc(-c3ccc(CN(Cc4ccc(Cl)cc4)C(=O)C(=O)O)cc3)c2)cc1. The average molecular weight is 557 g/mol. The highest BCUT2D eigenvalue weighted by Crippen LogP contribution is 2.22. The molecule has 0 aliphatic carbocycles. The molecule has 0 saturated heterocycles. The lowest BCUT2D eigenvalue weighted by Crippen LogP contribution is -2.35. The van der Waals surface area contributed by atoms with E-state index in [1.165, 1.54) is 4.90 Å². The van der Waals surface area contributed by atoms with Crippen molar-refractivity contribution in [2.24, 2.45) is 0 Å². The van der Waals surface area contributed by atoms with Crippen LogP contribution in [0, 0.1) is 0 Å². The standard InChI is InChI=1S/C32H29ClN2O5/c1-40-29-15-9-22(10-16-29)17-18-34-30(36)27-4-2-3-26(19-27)25-11-5-23(6-12-25)20-35(31(37)32(38)39)21-24-7-13-28(33)14-8-24/h2-16,19H,17-18,20-21H2,1H3,(H,34,36)(H,38,39). The molecule has 0 aromatic heterocycles. The summed E-state index contributed by atoms with van der Waals surface area (Å²) in [5, 5.41) is 12.8. The van der Waals surface area contributed by atoms with Gasteiger partial charge < -0.3 is 20.1 Å². The number of methoxy groups -OCH3 is 1. The molecule has 2 amide bonds. The summed E-state index contributed by atoms with van der Waals surface area (Å²) >= 11 is 5.94. The molecule has 0 bridgehead atoms. The van der Waals surface area contributed by atoms with E-state index in [9.17, 15) is 19.5 Å². The van der Waals surface area contributed by atoms with Crippen LogP contribution in [-0.2, 0) is 29.1 Å². The Bertz CT molecular complexity index is 1470. The van der Waals surface area contributed by atoms with Crippen LogP contribution in [0.4, 0.5) is 0 Å². The zero-order valence-electron chi connectivity index (χ0n) is 22.0. The van der Waals surface area contributed by atoms with E-state index in [0.717, 1.165) is 33.6 Å². The molecule has 40 heavy (non-hydrogen) atoms. The number of carboxylic acid groups (broad SMARTS) is 1. The number of carboxylic acids is 1. The van der Waals surface area contributed by atoms with Crippen molar-refractivity contribution in [3.63, 3.8) is 0 Å². The van der Waals surface area contributed by atoms with E-state index in [0.29, 0.717) is 23.6 Å². The molecule has 204 valence electrons. The summed E-state index contributed by atoms with van der Waals surface area (Å²) in [7, 11) is 1.63. The molecule has 4 aromatic carbocycles. The third-order valence-corrected chi connectivity index (χ3v) is 6.65. The molecule has 7 nitrogen and oxygen atoms in total. The number of hydrogen-bond donors (Lipinski definition) is 2. The van der Waals surface area contributed by atoms with Crippen molar-refractivity contribution in [2.45, 2.75) is 19.5 Å². The maximum atomic E-state index is 12.8. The second-order valence-electron chi connectivity index (χ2n) is 9.22. The van der Waals surface area contributed by atoms with Crippen molar-refractivity contribution in [1.82, 2.24) is 10.2 Å². The fourth-order valence-corrected chi connectivity index (χ4v) is 4.35. The summed E-state index contributed by atoms with van der Waals surface area (Å²) in [6.45, 7) is 0.774. The van der Waals surface area contributed by atoms with E-state index in [1.807, 2.05) is 66.7 Å². The number of nitrogens with one attached hydrogen (secondary N) is 1. The minimum absolute atomic E-state index is 0.130. The number of halogens is 1. The normalized spacial score (nSPS) is 10.6. The number of rotatable bonds is 10.